The van der Waals surface area contributed by atoms with Gasteiger partial charge in [0, 0.05) is 22.1 Å². The molecule has 0 amide bonds. The van der Waals surface area contributed by atoms with Gasteiger partial charge in [0.1, 0.15) is 0 Å². The van der Waals surface area contributed by atoms with Crippen LogP contribution in [-0.4, -0.2) is 35.0 Å². The Labute approximate surface area is 123 Å². The van der Waals surface area contributed by atoms with E-state index in [1.54, 1.807) is 12.1 Å². The molecule has 1 N–H and O–H groups in total. The van der Waals surface area contributed by atoms with Crippen LogP contribution in [0.4, 0.5) is 0 Å². The first-order valence-corrected chi connectivity index (χ1v) is 9.46. The molecular formula is C14H22O4SSi. The minimum atomic E-state index is -4.10. The Morgan fingerprint density at radius 2 is 2.00 bits per heavy atom. The topological polar surface area (TPSA) is 63.6 Å². The fourth-order valence-electron chi connectivity index (χ4n) is 2.89. The van der Waals surface area contributed by atoms with Gasteiger partial charge in [-0.05, 0) is 49.3 Å². The van der Waals surface area contributed by atoms with Gasteiger partial charge in [-0.15, -0.1) is 0 Å². The second-order valence-corrected chi connectivity index (χ2v) is 9.15. The fraction of sp³-hybridized carbons (Fsp3) is 0.571. The van der Waals surface area contributed by atoms with Crippen LogP contribution in [-0.2, 0) is 14.9 Å². The zero-order valence-electron chi connectivity index (χ0n) is 12.0. The minimum Gasteiger partial charge on any atom is -0.380 e. The Morgan fingerprint density at radius 1 is 1.35 bits per heavy atom. The zero-order valence-corrected chi connectivity index (χ0v) is 14.8. The molecule has 0 bridgehead atoms. The largest absolute Gasteiger partial charge is 0.380 e. The molecule has 0 aliphatic carbocycles. The molecule has 1 aliphatic rings. The van der Waals surface area contributed by atoms with Crippen LogP contribution >= 0.6 is 0 Å². The summed E-state index contributed by atoms with van der Waals surface area (Å²) >= 11 is 0. The van der Waals surface area contributed by atoms with E-state index in [0.29, 0.717) is 5.92 Å². The standard InChI is InChI=1S/C14H22O4SSi/c1-11(10-14(20)8-2-3-9-18-14)12-4-6-13(7-5-12)19(15,16)17/h4-7,11H,2-3,8-10H2,1,20H3,(H,15,16,17). The third-order valence-electron chi connectivity index (χ3n) is 4.04. The van der Waals surface area contributed by atoms with E-state index in [2.05, 4.69) is 6.92 Å². The van der Waals surface area contributed by atoms with E-state index in [1.807, 2.05) is 0 Å². The molecule has 4 nitrogen and oxygen atoms in total. The summed E-state index contributed by atoms with van der Waals surface area (Å²) in [6.07, 6.45) is 4.50. The molecule has 6 heteroatoms. The first kappa shape index (κ1) is 15.7. The quantitative estimate of drug-likeness (QED) is 0.678. The smallest absolute Gasteiger partial charge is 0.294 e. The summed E-state index contributed by atoms with van der Waals surface area (Å²) in [5.74, 6) is 0.320. The summed E-state index contributed by atoms with van der Waals surface area (Å²) in [7, 11) is -3.09. The van der Waals surface area contributed by atoms with E-state index in [9.17, 15) is 8.42 Å². The van der Waals surface area contributed by atoms with Crippen molar-refractivity contribution in [1.82, 2.24) is 0 Å². The third kappa shape index (κ3) is 3.91. The van der Waals surface area contributed by atoms with E-state index in [4.69, 9.17) is 9.29 Å². The molecule has 1 aromatic rings. The predicted molar refractivity (Wildman–Crippen MR) is 81.8 cm³/mol. The van der Waals surface area contributed by atoms with Crippen molar-refractivity contribution in [2.75, 3.05) is 6.61 Å². The maximum Gasteiger partial charge on any atom is 0.294 e. The lowest BCUT2D eigenvalue weighted by molar-refractivity contribution is -0.0258. The molecule has 2 rings (SSSR count). The molecule has 2 atom stereocenters. The Balaban J connectivity index is 2.07. The Morgan fingerprint density at radius 3 is 2.50 bits per heavy atom. The number of ether oxygens (including phenoxy) is 1. The minimum absolute atomic E-state index is 0.0528. The number of benzene rings is 1. The highest BCUT2D eigenvalue weighted by Crippen LogP contribution is 2.32. The Kier molecular flexibility index (Phi) is 4.68. The van der Waals surface area contributed by atoms with Crippen molar-refractivity contribution in [2.45, 2.75) is 48.6 Å². The molecule has 1 heterocycles. The van der Waals surface area contributed by atoms with E-state index in [-0.39, 0.29) is 10.1 Å². The third-order valence-corrected chi connectivity index (χ3v) is 6.10. The maximum atomic E-state index is 11.0. The molecule has 0 radical (unpaired) electrons. The summed E-state index contributed by atoms with van der Waals surface area (Å²) in [6, 6.07) is 6.48. The van der Waals surface area contributed by atoms with Crippen LogP contribution in [0.2, 0.25) is 0 Å². The molecule has 1 saturated heterocycles. The van der Waals surface area contributed by atoms with Crippen molar-refractivity contribution in [3.8, 4) is 0 Å². The van der Waals surface area contributed by atoms with Gasteiger partial charge < -0.3 is 4.74 Å². The second-order valence-electron chi connectivity index (χ2n) is 5.90. The summed E-state index contributed by atoms with van der Waals surface area (Å²) in [5, 5.41) is 0.0550. The van der Waals surface area contributed by atoms with Gasteiger partial charge in [0.15, 0.2) is 0 Å². The van der Waals surface area contributed by atoms with Gasteiger partial charge in [0.2, 0.25) is 0 Å². The van der Waals surface area contributed by atoms with Crippen molar-refractivity contribution in [3.05, 3.63) is 29.8 Å². The van der Waals surface area contributed by atoms with Crippen LogP contribution in [0.25, 0.3) is 0 Å². The van der Waals surface area contributed by atoms with E-state index < -0.39 is 10.1 Å². The summed E-state index contributed by atoms with van der Waals surface area (Å²) in [4.78, 5) is -0.0528. The average Bonchev–Trinajstić information content (AvgIpc) is 2.38. The SMILES string of the molecule is CC(CC1([SiH3])CCCCO1)c1ccc(S(=O)(=O)O)cc1. The fourth-order valence-corrected chi connectivity index (χ4v) is 4.54. The zero-order chi connectivity index (χ0) is 14.8. The lowest BCUT2D eigenvalue weighted by Gasteiger charge is -2.36. The Hall–Kier alpha value is -0.693. The Bertz CT molecular complexity index is 547. The van der Waals surface area contributed by atoms with Gasteiger partial charge in [0.05, 0.1) is 4.90 Å². The average molecular weight is 314 g/mol. The first-order valence-electron chi connectivity index (χ1n) is 7.02. The molecule has 1 aromatic carbocycles. The summed E-state index contributed by atoms with van der Waals surface area (Å²) in [6.45, 7) is 3.00. The molecule has 20 heavy (non-hydrogen) atoms. The van der Waals surface area contributed by atoms with Crippen LogP contribution in [0.5, 0.6) is 0 Å². The highest BCUT2D eigenvalue weighted by Gasteiger charge is 2.29. The molecule has 0 aromatic heterocycles. The molecule has 1 fully saturated rings. The predicted octanol–water partition coefficient (Wildman–Crippen LogP) is 1.69. The lowest BCUT2D eigenvalue weighted by Crippen LogP contribution is -2.38. The van der Waals surface area contributed by atoms with Crippen LogP contribution in [0.1, 0.15) is 44.1 Å². The van der Waals surface area contributed by atoms with Gasteiger partial charge >= 0.3 is 0 Å². The van der Waals surface area contributed by atoms with Crippen molar-refractivity contribution >= 4 is 20.4 Å². The summed E-state index contributed by atoms with van der Waals surface area (Å²) in [5.41, 5.74) is 1.08. The second kappa shape index (κ2) is 5.97. The van der Waals surface area contributed by atoms with Crippen molar-refractivity contribution in [1.29, 1.82) is 0 Å². The number of hydrogen-bond acceptors (Lipinski definition) is 3. The van der Waals surface area contributed by atoms with Crippen molar-refractivity contribution < 1.29 is 17.7 Å². The molecular weight excluding hydrogens is 292 g/mol. The number of hydrogen-bond donors (Lipinski definition) is 1. The normalized spacial score (nSPS) is 25.5. The highest BCUT2D eigenvalue weighted by molar-refractivity contribution is 7.85. The molecule has 112 valence electrons. The van der Waals surface area contributed by atoms with Gasteiger partial charge in [-0.3, -0.25) is 4.55 Å². The maximum absolute atomic E-state index is 11.0. The summed E-state index contributed by atoms with van der Waals surface area (Å²) < 4.78 is 37.0. The molecule has 2 unspecified atom stereocenters. The van der Waals surface area contributed by atoms with E-state index in [0.717, 1.165) is 41.7 Å². The first-order chi connectivity index (χ1) is 9.30. The molecule has 0 spiro atoms. The van der Waals surface area contributed by atoms with Crippen LogP contribution in [0.15, 0.2) is 29.2 Å². The highest BCUT2D eigenvalue weighted by atomic mass is 32.2. The van der Waals surface area contributed by atoms with Crippen LogP contribution in [0, 0.1) is 0 Å². The van der Waals surface area contributed by atoms with Gasteiger partial charge in [-0.1, -0.05) is 19.1 Å². The van der Waals surface area contributed by atoms with E-state index in [1.165, 1.54) is 18.6 Å². The molecule has 1 aliphatic heterocycles. The lowest BCUT2D eigenvalue weighted by atomic mass is 9.91. The van der Waals surface area contributed by atoms with Gasteiger partial charge in [-0.2, -0.15) is 8.42 Å². The van der Waals surface area contributed by atoms with Crippen LogP contribution in [0.3, 0.4) is 0 Å². The van der Waals surface area contributed by atoms with E-state index >= 15 is 0 Å². The number of rotatable bonds is 4. The molecule has 0 saturated carbocycles. The van der Waals surface area contributed by atoms with Crippen LogP contribution < -0.4 is 0 Å². The van der Waals surface area contributed by atoms with Crippen molar-refractivity contribution in [3.63, 3.8) is 0 Å². The van der Waals surface area contributed by atoms with Crippen molar-refractivity contribution in [2.24, 2.45) is 0 Å². The monoisotopic (exact) mass is 314 g/mol. The van der Waals surface area contributed by atoms with Gasteiger partial charge in [0.25, 0.3) is 10.1 Å². The van der Waals surface area contributed by atoms with Gasteiger partial charge in [-0.25, -0.2) is 0 Å².